The van der Waals surface area contributed by atoms with Crippen molar-refractivity contribution in [1.29, 1.82) is 0 Å². The van der Waals surface area contributed by atoms with Crippen LogP contribution in [0.1, 0.15) is 21.5 Å². The van der Waals surface area contributed by atoms with Crippen LogP contribution in [0.3, 0.4) is 0 Å². The van der Waals surface area contributed by atoms with E-state index in [2.05, 4.69) is 20.6 Å². The average Bonchev–Trinajstić information content (AvgIpc) is 2.67. The minimum atomic E-state index is -0.171. The second-order valence-corrected chi connectivity index (χ2v) is 5.92. The minimum Gasteiger partial charge on any atom is -0.380 e. The van der Waals surface area contributed by atoms with Gasteiger partial charge in [-0.15, -0.1) is 0 Å². The van der Waals surface area contributed by atoms with Gasteiger partial charge in [0.15, 0.2) is 0 Å². The van der Waals surface area contributed by atoms with Gasteiger partial charge in [-0.05, 0) is 41.5 Å². The molecule has 0 saturated heterocycles. The minimum absolute atomic E-state index is 0.171. The monoisotopic (exact) mass is 352 g/mol. The molecule has 0 aliphatic rings. The van der Waals surface area contributed by atoms with Gasteiger partial charge in [0.05, 0.1) is 11.3 Å². The number of aromatic nitrogens is 2. The molecule has 0 atom stereocenters. The van der Waals surface area contributed by atoms with Crippen molar-refractivity contribution in [2.24, 2.45) is 0 Å². The van der Waals surface area contributed by atoms with Gasteiger partial charge in [-0.2, -0.15) is 0 Å². The van der Waals surface area contributed by atoms with E-state index >= 15 is 0 Å². The first-order valence-electron chi connectivity index (χ1n) is 7.81. The Morgan fingerprint density at radius 2 is 1.64 bits per heavy atom. The fourth-order valence-corrected chi connectivity index (χ4v) is 2.38. The van der Waals surface area contributed by atoms with Crippen molar-refractivity contribution in [3.8, 4) is 0 Å². The highest BCUT2D eigenvalue weighted by atomic mass is 35.5. The Bertz CT molecular complexity index is 838. The summed E-state index contributed by atoms with van der Waals surface area (Å²) in [7, 11) is 0. The van der Waals surface area contributed by atoms with E-state index in [0.717, 1.165) is 16.8 Å². The molecule has 3 rings (SSSR count). The number of halogens is 1. The molecule has 0 spiro atoms. The van der Waals surface area contributed by atoms with Crippen LogP contribution in [0.15, 0.2) is 67.3 Å². The number of amides is 1. The summed E-state index contributed by atoms with van der Waals surface area (Å²) in [5.41, 5.74) is 3.38. The van der Waals surface area contributed by atoms with Gasteiger partial charge in [-0.3, -0.25) is 14.8 Å². The van der Waals surface area contributed by atoms with E-state index in [9.17, 15) is 4.79 Å². The lowest BCUT2D eigenvalue weighted by Crippen LogP contribution is -2.23. The zero-order chi connectivity index (χ0) is 17.5. The third kappa shape index (κ3) is 5.02. The van der Waals surface area contributed by atoms with Crippen LogP contribution in [0.25, 0.3) is 0 Å². The first kappa shape index (κ1) is 16.9. The predicted molar refractivity (Wildman–Crippen MR) is 98.4 cm³/mol. The van der Waals surface area contributed by atoms with E-state index in [4.69, 9.17) is 11.6 Å². The van der Waals surface area contributed by atoms with Crippen LogP contribution in [-0.4, -0.2) is 15.9 Å². The molecule has 0 bridgehead atoms. The number of carbonyl (C=O) groups is 1. The van der Waals surface area contributed by atoms with Crippen LogP contribution < -0.4 is 10.6 Å². The Morgan fingerprint density at radius 3 is 2.40 bits per heavy atom. The van der Waals surface area contributed by atoms with Gasteiger partial charge in [0, 0.05) is 42.9 Å². The molecule has 6 heteroatoms. The molecule has 126 valence electrons. The largest absolute Gasteiger partial charge is 0.380 e. The lowest BCUT2D eigenvalue weighted by atomic mass is 10.2. The van der Waals surface area contributed by atoms with Gasteiger partial charge in [-0.1, -0.05) is 23.7 Å². The standard InChI is InChI=1S/C19H17ClN4O/c20-17-3-1-14(2-4-17)11-24-19(25)16-9-18(13-22-12-16)23-10-15-5-7-21-8-6-15/h1-9,12-13,23H,10-11H2,(H,24,25). The molecule has 0 aliphatic carbocycles. The number of pyridine rings is 2. The van der Waals surface area contributed by atoms with Crippen LogP contribution in [0.5, 0.6) is 0 Å². The van der Waals surface area contributed by atoms with Gasteiger partial charge in [-0.25, -0.2) is 0 Å². The maximum absolute atomic E-state index is 12.3. The summed E-state index contributed by atoms with van der Waals surface area (Å²) in [6.45, 7) is 1.07. The van der Waals surface area contributed by atoms with Crippen molar-refractivity contribution in [3.05, 3.63) is 89.0 Å². The van der Waals surface area contributed by atoms with E-state index in [1.807, 2.05) is 24.3 Å². The van der Waals surface area contributed by atoms with Gasteiger partial charge < -0.3 is 10.6 Å². The highest BCUT2D eigenvalue weighted by molar-refractivity contribution is 6.30. The number of nitrogens with one attached hydrogen (secondary N) is 2. The molecule has 1 amide bonds. The molecule has 5 nitrogen and oxygen atoms in total. The average molecular weight is 353 g/mol. The maximum Gasteiger partial charge on any atom is 0.253 e. The summed E-state index contributed by atoms with van der Waals surface area (Å²) >= 11 is 5.86. The van der Waals surface area contributed by atoms with E-state index in [0.29, 0.717) is 23.7 Å². The lowest BCUT2D eigenvalue weighted by molar-refractivity contribution is 0.0950. The van der Waals surface area contributed by atoms with E-state index in [1.165, 1.54) is 0 Å². The Morgan fingerprint density at radius 1 is 0.920 bits per heavy atom. The first-order valence-corrected chi connectivity index (χ1v) is 8.19. The molecule has 1 aromatic carbocycles. The summed E-state index contributed by atoms with van der Waals surface area (Å²) in [5, 5.41) is 6.80. The van der Waals surface area contributed by atoms with Crippen molar-refractivity contribution in [1.82, 2.24) is 15.3 Å². The molecule has 2 heterocycles. The fraction of sp³-hybridized carbons (Fsp3) is 0.105. The van der Waals surface area contributed by atoms with Crippen LogP contribution in [0.2, 0.25) is 5.02 Å². The summed E-state index contributed by atoms with van der Waals surface area (Å²) in [6, 6.07) is 13.0. The molecule has 25 heavy (non-hydrogen) atoms. The molecule has 0 fully saturated rings. The number of nitrogens with zero attached hydrogens (tertiary/aromatic N) is 2. The molecular weight excluding hydrogens is 336 g/mol. The summed E-state index contributed by atoms with van der Waals surface area (Å²) in [4.78, 5) is 20.4. The van der Waals surface area contributed by atoms with Gasteiger partial charge in [0.2, 0.25) is 0 Å². The first-order chi connectivity index (χ1) is 12.2. The van der Waals surface area contributed by atoms with E-state index < -0.39 is 0 Å². The number of benzene rings is 1. The SMILES string of the molecule is O=C(NCc1ccc(Cl)cc1)c1cncc(NCc2ccncc2)c1. The second-order valence-electron chi connectivity index (χ2n) is 5.48. The highest BCUT2D eigenvalue weighted by Crippen LogP contribution is 2.12. The van der Waals surface area contributed by atoms with Crippen molar-refractivity contribution in [2.45, 2.75) is 13.1 Å². The molecule has 0 saturated carbocycles. The third-order valence-electron chi connectivity index (χ3n) is 3.61. The molecule has 0 radical (unpaired) electrons. The Hall–Kier alpha value is -2.92. The maximum atomic E-state index is 12.3. The number of rotatable bonds is 6. The Labute approximate surface area is 151 Å². The molecule has 2 N–H and O–H groups in total. The van der Waals surface area contributed by atoms with Gasteiger partial charge >= 0.3 is 0 Å². The zero-order valence-corrected chi connectivity index (χ0v) is 14.2. The summed E-state index contributed by atoms with van der Waals surface area (Å²) in [6.07, 6.45) is 6.73. The van der Waals surface area contributed by atoms with Crippen molar-refractivity contribution < 1.29 is 4.79 Å². The Balaban J connectivity index is 1.58. The number of hydrogen-bond acceptors (Lipinski definition) is 4. The lowest BCUT2D eigenvalue weighted by Gasteiger charge is -2.09. The molecule has 0 aliphatic heterocycles. The third-order valence-corrected chi connectivity index (χ3v) is 3.86. The van der Waals surface area contributed by atoms with Crippen molar-refractivity contribution in [2.75, 3.05) is 5.32 Å². The van der Waals surface area contributed by atoms with Crippen LogP contribution in [-0.2, 0) is 13.1 Å². The van der Waals surface area contributed by atoms with E-state index in [-0.39, 0.29) is 5.91 Å². The number of anilines is 1. The van der Waals surface area contributed by atoms with Crippen LogP contribution in [0.4, 0.5) is 5.69 Å². The molecule has 0 unspecified atom stereocenters. The van der Waals surface area contributed by atoms with Crippen molar-refractivity contribution >= 4 is 23.2 Å². The Kier molecular flexibility index (Phi) is 5.59. The second kappa shape index (κ2) is 8.26. The molecule has 2 aromatic heterocycles. The van der Waals surface area contributed by atoms with Crippen LogP contribution in [0, 0.1) is 0 Å². The van der Waals surface area contributed by atoms with Gasteiger partial charge in [0.25, 0.3) is 5.91 Å². The topological polar surface area (TPSA) is 66.9 Å². The molecule has 3 aromatic rings. The number of hydrogen-bond donors (Lipinski definition) is 2. The summed E-state index contributed by atoms with van der Waals surface area (Å²) in [5.74, 6) is -0.171. The summed E-state index contributed by atoms with van der Waals surface area (Å²) < 4.78 is 0. The molecular formula is C19H17ClN4O. The fourth-order valence-electron chi connectivity index (χ4n) is 2.25. The predicted octanol–water partition coefficient (Wildman–Crippen LogP) is 3.67. The smallest absolute Gasteiger partial charge is 0.253 e. The van der Waals surface area contributed by atoms with E-state index in [1.54, 1.807) is 43.0 Å². The van der Waals surface area contributed by atoms with Crippen LogP contribution >= 0.6 is 11.6 Å². The normalized spacial score (nSPS) is 10.3. The zero-order valence-electron chi connectivity index (χ0n) is 13.4. The quantitative estimate of drug-likeness (QED) is 0.710. The van der Waals surface area contributed by atoms with Crippen molar-refractivity contribution in [3.63, 3.8) is 0 Å². The van der Waals surface area contributed by atoms with Gasteiger partial charge in [0.1, 0.15) is 0 Å². The highest BCUT2D eigenvalue weighted by Gasteiger charge is 2.07. The number of carbonyl (C=O) groups excluding carboxylic acids is 1.